The highest BCUT2D eigenvalue weighted by Gasteiger charge is 2.11. The smallest absolute Gasteiger partial charge is 0.237 e. The number of halogens is 1. The number of aliphatic hydroxyl groups is 1. The van der Waals surface area contributed by atoms with E-state index in [2.05, 4.69) is 5.32 Å². The molecule has 11 heavy (non-hydrogen) atoms. The third-order valence-electron chi connectivity index (χ3n) is 1.31. The monoisotopic (exact) mass is 179 g/mol. The maximum absolute atomic E-state index is 10.9. The molecule has 66 valence electrons. The number of carbonyl (C=O) groups is 1. The van der Waals surface area contributed by atoms with Crippen molar-refractivity contribution in [1.29, 1.82) is 0 Å². The Balaban J connectivity index is 3.57. The SMILES string of the molecule is CC(CCO)NC(=O)C(C)Cl. The van der Waals surface area contributed by atoms with E-state index in [0.29, 0.717) is 6.42 Å². The number of aliphatic hydroxyl groups excluding tert-OH is 1. The largest absolute Gasteiger partial charge is 0.396 e. The Bertz CT molecular complexity index is 128. The summed E-state index contributed by atoms with van der Waals surface area (Å²) in [7, 11) is 0. The van der Waals surface area contributed by atoms with Crippen LogP contribution in [0.2, 0.25) is 0 Å². The predicted octanol–water partition coefficient (Wildman–Crippen LogP) is 0.501. The van der Waals surface area contributed by atoms with Gasteiger partial charge in [-0.05, 0) is 20.3 Å². The van der Waals surface area contributed by atoms with Crippen LogP contribution < -0.4 is 5.32 Å². The average Bonchev–Trinajstić information content (AvgIpc) is 1.87. The van der Waals surface area contributed by atoms with E-state index in [9.17, 15) is 4.79 Å². The van der Waals surface area contributed by atoms with Gasteiger partial charge in [0.15, 0.2) is 0 Å². The van der Waals surface area contributed by atoms with Gasteiger partial charge in [0.05, 0.1) is 0 Å². The summed E-state index contributed by atoms with van der Waals surface area (Å²) in [6, 6.07) is -0.00583. The first kappa shape index (κ1) is 10.7. The van der Waals surface area contributed by atoms with E-state index in [-0.39, 0.29) is 18.6 Å². The lowest BCUT2D eigenvalue weighted by atomic mass is 10.2. The predicted molar refractivity (Wildman–Crippen MR) is 44.6 cm³/mol. The number of alkyl halides is 1. The fourth-order valence-electron chi connectivity index (χ4n) is 0.623. The summed E-state index contributed by atoms with van der Waals surface area (Å²) in [5.41, 5.74) is 0. The maximum atomic E-state index is 10.9. The molecule has 0 spiro atoms. The zero-order valence-corrected chi connectivity index (χ0v) is 7.56. The molecule has 4 heteroatoms. The van der Waals surface area contributed by atoms with E-state index in [1.54, 1.807) is 6.92 Å². The number of hydrogen-bond acceptors (Lipinski definition) is 2. The molecule has 0 aromatic rings. The molecular formula is C7H14ClNO2. The number of hydrogen-bond donors (Lipinski definition) is 2. The summed E-state index contributed by atoms with van der Waals surface area (Å²) in [6.45, 7) is 3.52. The Morgan fingerprint density at radius 2 is 2.18 bits per heavy atom. The molecule has 2 unspecified atom stereocenters. The van der Waals surface area contributed by atoms with Gasteiger partial charge < -0.3 is 10.4 Å². The van der Waals surface area contributed by atoms with Gasteiger partial charge in [-0.15, -0.1) is 11.6 Å². The molecule has 2 N–H and O–H groups in total. The molecular weight excluding hydrogens is 166 g/mol. The van der Waals surface area contributed by atoms with Crippen molar-refractivity contribution in [3.05, 3.63) is 0 Å². The van der Waals surface area contributed by atoms with Gasteiger partial charge in [-0.25, -0.2) is 0 Å². The maximum Gasteiger partial charge on any atom is 0.237 e. The van der Waals surface area contributed by atoms with Crippen LogP contribution >= 0.6 is 11.6 Å². The van der Waals surface area contributed by atoms with Crippen LogP contribution in [0, 0.1) is 0 Å². The molecule has 2 atom stereocenters. The second-order valence-corrected chi connectivity index (χ2v) is 3.19. The number of rotatable bonds is 4. The molecule has 0 saturated carbocycles. The Hall–Kier alpha value is -0.280. The molecule has 0 aromatic heterocycles. The summed E-state index contributed by atoms with van der Waals surface area (Å²) < 4.78 is 0. The molecule has 0 aliphatic rings. The van der Waals surface area contributed by atoms with Crippen LogP contribution in [-0.4, -0.2) is 29.0 Å². The van der Waals surface area contributed by atoms with Crippen molar-refractivity contribution < 1.29 is 9.90 Å². The van der Waals surface area contributed by atoms with Gasteiger partial charge in [0.1, 0.15) is 5.38 Å². The molecule has 0 radical (unpaired) electrons. The minimum absolute atomic E-state index is 0.00583. The summed E-state index contributed by atoms with van der Waals surface area (Å²) in [6.07, 6.45) is 0.565. The van der Waals surface area contributed by atoms with Crippen molar-refractivity contribution in [3.63, 3.8) is 0 Å². The lowest BCUT2D eigenvalue weighted by molar-refractivity contribution is -0.121. The van der Waals surface area contributed by atoms with Crippen LogP contribution in [0.3, 0.4) is 0 Å². The van der Waals surface area contributed by atoms with E-state index in [1.807, 2.05) is 6.92 Å². The van der Waals surface area contributed by atoms with Gasteiger partial charge in [0.2, 0.25) is 5.91 Å². The van der Waals surface area contributed by atoms with Crippen LogP contribution in [0.1, 0.15) is 20.3 Å². The minimum atomic E-state index is -0.504. The normalized spacial score (nSPS) is 15.6. The fraction of sp³-hybridized carbons (Fsp3) is 0.857. The van der Waals surface area contributed by atoms with Crippen LogP contribution in [-0.2, 0) is 4.79 Å². The Kier molecular flexibility index (Phi) is 5.24. The molecule has 0 aliphatic carbocycles. The molecule has 0 aliphatic heterocycles. The topological polar surface area (TPSA) is 49.3 Å². The van der Waals surface area contributed by atoms with Crippen LogP contribution in [0.25, 0.3) is 0 Å². The molecule has 0 saturated heterocycles. The molecule has 3 nitrogen and oxygen atoms in total. The van der Waals surface area contributed by atoms with Gasteiger partial charge in [-0.1, -0.05) is 0 Å². The van der Waals surface area contributed by atoms with E-state index >= 15 is 0 Å². The average molecular weight is 180 g/mol. The van der Waals surface area contributed by atoms with Gasteiger partial charge in [0.25, 0.3) is 0 Å². The standard InChI is InChI=1S/C7H14ClNO2/c1-5(3-4-10)9-7(11)6(2)8/h5-6,10H,3-4H2,1-2H3,(H,9,11). The summed E-state index contributed by atoms with van der Waals surface area (Å²) in [5, 5.41) is 10.6. The van der Waals surface area contributed by atoms with Crippen molar-refractivity contribution in [2.24, 2.45) is 0 Å². The number of carbonyl (C=O) groups excluding carboxylic acids is 1. The highest BCUT2D eigenvalue weighted by molar-refractivity contribution is 6.30. The highest BCUT2D eigenvalue weighted by Crippen LogP contribution is 1.95. The highest BCUT2D eigenvalue weighted by atomic mass is 35.5. The van der Waals surface area contributed by atoms with Crippen molar-refractivity contribution in [2.75, 3.05) is 6.61 Å². The fourth-order valence-corrected chi connectivity index (χ4v) is 0.686. The minimum Gasteiger partial charge on any atom is -0.396 e. The van der Waals surface area contributed by atoms with E-state index in [0.717, 1.165) is 0 Å². The van der Waals surface area contributed by atoms with Crippen LogP contribution in [0.15, 0.2) is 0 Å². The first-order chi connectivity index (χ1) is 5.07. The number of nitrogens with one attached hydrogen (secondary N) is 1. The molecule has 0 aromatic carbocycles. The van der Waals surface area contributed by atoms with Crippen LogP contribution in [0.5, 0.6) is 0 Å². The van der Waals surface area contributed by atoms with Crippen molar-refractivity contribution in [1.82, 2.24) is 5.32 Å². The Morgan fingerprint density at radius 1 is 1.64 bits per heavy atom. The van der Waals surface area contributed by atoms with E-state index in [1.165, 1.54) is 0 Å². The lowest BCUT2D eigenvalue weighted by Crippen LogP contribution is -2.37. The zero-order chi connectivity index (χ0) is 8.85. The second kappa shape index (κ2) is 5.38. The quantitative estimate of drug-likeness (QED) is 0.618. The first-order valence-electron chi connectivity index (χ1n) is 3.63. The van der Waals surface area contributed by atoms with Gasteiger partial charge in [-0.3, -0.25) is 4.79 Å². The van der Waals surface area contributed by atoms with Gasteiger partial charge >= 0.3 is 0 Å². The van der Waals surface area contributed by atoms with Crippen molar-refractivity contribution >= 4 is 17.5 Å². The van der Waals surface area contributed by atoms with Crippen LogP contribution in [0.4, 0.5) is 0 Å². The third kappa shape index (κ3) is 5.04. The Labute approximate surface area is 71.7 Å². The lowest BCUT2D eigenvalue weighted by Gasteiger charge is -2.12. The molecule has 0 heterocycles. The third-order valence-corrected chi connectivity index (χ3v) is 1.51. The summed E-state index contributed by atoms with van der Waals surface area (Å²) in [5.74, 6) is -0.187. The molecule has 1 amide bonds. The Morgan fingerprint density at radius 3 is 2.55 bits per heavy atom. The number of amides is 1. The van der Waals surface area contributed by atoms with Gasteiger partial charge in [-0.2, -0.15) is 0 Å². The van der Waals surface area contributed by atoms with E-state index < -0.39 is 5.38 Å². The summed E-state index contributed by atoms with van der Waals surface area (Å²) >= 11 is 5.50. The molecule has 0 bridgehead atoms. The molecule has 0 fully saturated rings. The van der Waals surface area contributed by atoms with Gasteiger partial charge in [0, 0.05) is 12.6 Å². The van der Waals surface area contributed by atoms with Crippen molar-refractivity contribution in [2.45, 2.75) is 31.7 Å². The zero-order valence-electron chi connectivity index (χ0n) is 6.80. The van der Waals surface area contributed by atoms with E-state index in [4.69, 9.17) is 16.7 Å². The molecule has 0 rings (SSSR count). The van der Waals surface area contributed by atoms with Crippen molar-refractivity contribution in [3.8, 4) is 0 Å². The first-order valence-corrected chi connectivity index (χ1v) is 4.07. The second-order valence-electron chi connectivity index (χ2n) is 2.54. The summed E-state index contributed by atoms with van der Waals surface area (Å²) in [4.78, 5) is 10.9.